The molecule has 4 nitrogen and oxygen atoms in total. The maximum atomic E-state index is 5.60. The van der Waals surface area contributed by atoms with E-state index >= 15 is 0 Å². The van der Waals surface area contributed by atoms with Gasteiger partial charge in [-0.05, 0) is 31.3 Å². The fourth-order valence-corrected chi connectivity index (χ4v) is 4.29. The van der Waals surface area contributed by atoms with Crippen LogP contribution in [0.1, 0.15) is 12.7 Å². The second kappa shape index (κ2) is 6.98. The Balaban J connectivity index is 2.13. The van der Waals surface area contributed by atoms with Crippen LogP contribution < -0.4 is 9.30 Å². The summed E-state index contributed by atoms with van der Waals surface area (Å²) in [5.41, 5.74) is 1.04. The smallest absolute Gasteiger partial charge is 0.235 e. The molecule has 0 aliphatic rings. The van der Waals surface area contributed by atoms with Gasteiger partial charge in [0.1, 0.15) is 14.0 Å². The summed E-state index contributed by atoms with van der Waals surface area (Å²) >= 11 is 5.26. The summed E-state index contributed by atoms with van der Waals surface area (Å²) in [4.78, 5) is 8.72. The van der Waals surface area contributed by atoms with Crippen molar-refractivity contribution in [3.05, 3.63) is 48.5 Å². The van der Waals surface area contributed by atoms with E-state index < -0.39 is 8.24 Å². The quantitative estimate of drug-likeness (QED) is 0.614. The van der Waals surface area contributed by atoms with Crippen LogP contribution in [0.2, 0.25) is 19.6 Å². The monoisotopic (exact) mass is 331 g/mol. The van der Waals surface area contributed by atoms with E-state index in [2.05, 4.69) is 41.1 Å². The third-order valence-corrected chi connectivity index (χ3v) is 5.67. The Kier molecular flexibility index (Phi) is 5.26. The van der Waals surface area contributed by atoms with E-state index in [9.17, 15) is 0 Å². The maximum Gasteiger partial charge on any atom is 0.235 e. The number of hydrogen-bond acceptors (Lipinski definition) is 5. The van der Waals surface area contributed by atoms with Gasteiger partial charge >= 0.3 is 0 Å². The van der Waals surface area contributed by atoms with E-state index in [4.69, 9.17) is 17.0 Å². The average Bonchev–Trinajstić information content (AvgIpc) is 2.48. The normalized spacial score (nSPS) is 11.1. The molecule has 6 heteroatoms. The highest BCUT2D eigenvalue weighted by atomic mass is 32.1. The number of thiocarbonyl (C=S) groups is 1. The number of para-hydroxylation sites is 1. The summed E-state index contributed by atoms with van der Waals surface area (Å²) in [5.74, 6) is 1.13. The Hall–Kier alpha value is -1.79. The fourth-order valence-electron chi connectivity index (χ4n) is 2.25. The maximum absolute atomic E-state index is 5.60. The highest BCUT2D eigenvalue weighted by Crippen LogP contribution is 2.20. The molecule has 0 amide bonds. The Morgan fingerprint density at radius 1 is 1.14 bits per heavy atom. The van der Waals surface area contributed by atoms with Crippen molar-refractivity contribution in [1.82, 2.24) is 9.97 Å². The predicted octanol–water partition coefficient (Wildman–Crippen LogP) is 3.89. The lowest BCUT2D eigenvalue weighted by atomic mass is 10.3. The Bertz CT molecular complexity index is 626. The van der Waals surface area contributed by atoms with Crippen LogP contribution in [-0.4, -0.2) is 29.8 Å². The molecule has 0 aliphatic carbocycles. The molecular formula is C16H21N3OSSi. The minimum atomic E-state index is -1.44. The van der Waals surface area contributed by atoms with Crippen LogP contribution in [0.25, 0.3) is 0 Å². The largest absolute Gasteiger partial charge is 0.442 e. The lowest BCUT2D eigenvalue weighted by Crippen LogP contribution is -2.46. The molecule has 0 fully saturated rings. The Morgan fingerprint density at radius 2 is 1.73 bits per heavy atom. The van der Waals surface area contributed by atoms with Gasteiger partial charge in [-0.2, -0.15) is 0 Å². The molecule has 0 spiro atoms. The second-order valence-electron chi connectivity index (χ2n) is 5.88. The second-order valence-corrected chi connectivity index (χ2v) is 11.1. The van der Waals surface area contributed by atoms with Gasteiger partial charge in [-0.1, -0.05) is 37.8 Å². The number of anilines is 1. The molecule has 1 aromatic heterocycles. The van der Waals surface area contributed by atoms with Crippen LogP contribution in [-0.2, 0) is 0 Å². The van der Waals surface area contributed by atoms with Crippen molar-refractivity contribution in [2.75, 3.05) is 11.1 Å². The molecular weight excluding hydrogens is 310 g/mol. The van der Waals surface area contributed by atoms with Gasteiger partial charge in [0.15, 0.2) is 0 Å². The third kappa shape index (κ3) is 4.11. The van der Waals surface area contributed by atoms with E-state index in [1.807, 2.05) is 42.7 Å². The molecule has 22 heavy (non-hydrogen) atoms. The summed E-state index contributed by atoms with van der Waals surface area (Å²) in [5, 5.41) is 0.286. The van der Waals surface area contributed by atoms with E-state index in [-0.39, 0.29) is 5.05 Å². The van der Waals surface area contributed by atoms with Crippen LogP contribution >= 0.6 is 12.2 Å². The number of ether oxygens (including phenoxy) is 1. The summed E-state index contributed by atoms with van der Waals surface area (Å²) in [6.45, 7) is 9.99. The van der Waals surface area contributed by atoms with Crippen molar-refractivity contribution < 1.29 is 4.74 Å². The number of aromatic nitrogens is 2. The van der Waals surface area contributed by atoms with Gasteiger partial charge in [-0.3, -0.25) is 0 Å². The van der Waals surface area contributed by atoms with E-state index in [1.54, 1.807) is 0 Å². The minimum absolute atomic E-state index is 0.286. The first-order valence-corrected chi connectivity index (χ1v) is 11.1. The van der Waals surface area contributed by atoms with Crippen molar-refractivity contribution >= 4 is 31.2 Å². The minimum Gasteiger partial charge on any atom is -0.442 e. The van der Waals surface area contributed by atoms with Gasteiger partial charge < -0.3 is 9.30 Å². The lowest BCUT2D eigenvalue weighted by Gasteiger charge is -2.34. The van der Waals surface area contributed by atoms with Gasteiger partial charge in [0.05, 0.1) is 18.1 Å². The van der Waals surface area contributed by atoms with Gasteiger partial charge in [0.2, 0.25) is 10.9 Å². The first kappa shape index (κ1) is 16.6. The van der Waals surface area contributed by atoms with Gasteiger partial charge in [0.25, 0.3) is 0 Å². The van der Waals surface area contributed by atoms with E-state index in [0.29, 0.717) is 11.6 Å². The Morgan fingerprint density at radius 3 is 2.23 bits per heavy atom. The molecule has 1 aromatic carbocycles. The zero-order chi connectivity index (χ0) is 16.2. The van der Waals surface area contributed by atoms with Crippen LogP contribution in [0.15, 0.2) is 42.7 Å². The molecule has 0 aliphatic heterocycles. The number of rotatable bonds is 5. The average molecular weight is 332 g/mol. The number of hydrogen-bond donors (Lipinski definition) is 0. The van der Waals surface area contributed by atoms with Crippen LogP contribution in [0.5, 0.6) is 5.75 Å². The van der Waals surface area contributed by atoms with Crippen LogP contribution in [0.4, 0.5) is 5.69 Å². The first-order chi connectivity index (χ1) is 10.4. The molecule has 0 unspecified atom stereocenters. The molecule has 0 bridgehead atoms. The zero-order valence-electron chi connectivity index (χ0n) is 13.4. The van der Waals surface area contributed by atoms with Gasteiger partial charge in [-0.15, -0.1) is 0 Å². The van der Waals surface area contributed by atoms with Crippen molar-refractivity contribution in [3.8, 4) is 5.75 Å². The summed E-state index contributed by atoms with van der Waals surface area (Å²) < 4.78 is 7.97. The molecule has 2 rings (SSSR count). The van der Waals surface area contributed by atoms with E-state index in [1.165, 1.54) is 0 Å². The molecule has 0 atom stereocenters. The lowest BCUT2D eigenvalue weighted by molar-refractivity contribution is 0.561. The molecule has 0 saturated carbocycles. The van der Waals surface area contributed by atoms with Crippen molar-refractivity contribution in [2.24, 2.45) is 0 Å². The molecule has 2 aromatic rings. The summed E-state index contributed by atoms with van der Waals surface area (Å²) in [6, 6.07) is 9.43. The first-order valence-electron chi connectivity index (χ1n) is 7.28. The topological polar surface area (TPSA) is 38.2 Å². The predicted molar refractivity (Wildman–Crippen MR) is 97.2 cm³/mol. The van der Waals surface area contributed by atoms with Crippen molar-refractivity contribution in [2.45, 2.75) is 26.6 Å². The molecule has 0 N–H and O–H groups in total. The molecule has 1 heterocycles. The summed E-state index contributed by atoms with van der Waals surface area (Å²) in [6.07, 6.45) is 3.65. The molecule has 0 radical (unpaired) electrons. The van der Waals surface area contributed by atoms with Gasteiger partial charge in [-0.25, -0.2) is 9.97 Å². The highest BCUT2D eigenvalue weighted by Gasteiger charge is 2.23. The van der Waals surface area contributed by atoms with Gasteiger partial charge in [0, 0.05) is 6.54 Å². The van der Waals surface area contributed by atoms with Crippen molar-refractivity contribution in [1.29, 1.82) is 0 Å². The molecule has 116 valence electrons. The number of benzene rings is 1. The standard InChI is InChI=1S/C16H21N3OSSi/c1-5-19(22(2,3)4)13-11-17-15(18-12-13)16(21)20-14-9-7-6-8-10-14/h6-12H,5H2,1-4H3. The fraction of sp³-hybridized carbons (Fsp3) is 0.312. The highest BCUT2D eigenvalue weighted by molar-refractivity contribution is 7.80. The van der Waals surface area contributed by atoms with Crippen LogP contribution in [0.3, 0.4) is 0 Å². The Labute approximate surface area is 138 Å². The van der Waals surface area contributed by atoms with E-state index in [0.717, 1.165) is 12.2 Å². The van der Waals surface area contributed by atoms with Crippen LogP contribution in [0, 0.1) is 0 Å². The zero-order valence-corrected chi connectivity index (χ0v) is 15.2. The number of nitrogens with zero attached hydrogens (tertiary/aromatic N) is 3. The molecule has 0 saturated heterocycles. The third-order valence-electron chi connectivity index (χ3n) is 3.21. The SMILES string of the molecule is CCN(c1cnc(C(=S)Oc2ccccc2)nc1)[Si](C)(C)C. The van der Waals surface area contributed by atoms with Crippen molar-refractivity contribution in [3.63, 3.8) is 0 Å². The summed E-state index contributed by atoms with van der Waals surface area (Å²) in [7, 11) is -1.44.